The van der Waals surface area contributed by atoms with Crippen molar-refractivity contribution in [3.63, 3.8) is 0 Å². The highest BCUT2D eigenvalue weighted by molar-refractivity contribution is 7.11. The predicted molar refractivity (Wildman–Crippen MR) is 92.4 cm³/mol. The van der Waals surface area contributed by atoms with Crippen LogP contribution in [0.1, 0.15) is 46.6 Å². The van der Waals surface area contributed by atoms with E-state index in [-0.39, 0.29) is 0 Å². The Labute approximate surface area is 132 Å². The minimum atomic E-state index is 0.551. The first-order valence-electron chi connectivity index (χ1n) is 8.14. The van der Waals surface area contributed by atoms with Crippen LogP contribution < -0.4 is 5.32 Å². The molecular weight excluding hydrogens is 274 g/mol. The molecule has 0 radical (unpaired) electrons. The standard InChI is InChI=1S/C19H25NS/c1-3-15-11-12-16(21-15)13-19(20-2)18-10-6-8-14-7-4-5-9-17(14)18/h4-5,7,9,11-12,18-20H,3,6,8,10,13H2,1-2H3. The number of hydrogen-bond donors (Lipinski definition) is 1. The summed E-state index contributed by atoms with van der Waals surface area (Å²) in [5, 5.41) is 3.60. The zero-order valence-corrected chi connectivity index (χ0v) is 13.9. The molecule has 21 heavy (non-hydrogen) atoms. The highest BCUT2D eigenvalue weighted by atomic mass is 32.1. The highest BCUT2D eigenvalue weighted by Crippen LogP contribution is 2.35. The first-order valence-corrected chi connectivity index (χ1v) is 8.96. The number of aryl methyl sites for hydroxylation is 2. The van der Waals surface area contributed by atoms with Gasteiger partial charge in [0.15, 0.2) is 0 Å². The second-order valence-electron chi connectivity index (χ2n) is 6.02. The van der Waals surface area contributed by atoms with Crippen molar-refractivity contribution in [1.82, 2.24) is 5.32 Å². The lowest BCUT2D eigenvalue weighted by molar-refractivity contribution is 0.413. The van der Waals surface area contributed by atoms with Gasteiger partial charge < -0.3 is 5.32 Å². The number of fused-ring (bicyclic) bond motifs is 1. The molecule has 1 nitrogen and oxygen atoms in total. The molecule has 1 aromatic heterocycles. The van der Waals surface area contributed by atoms with Crippen molar-refractivity contribution in [2.75, 3.05) is 7.05 Å². The summed E-state index contributed by atoms with van der Waals surface area (Å²) in [5.41, 5.74) is 3.14. The monoisotopic (exact) mass is 299 g/mol. The lowest BCUT2D eigenvalue weighted by Crippen LogP contribution is -2.35. The van der Waals surface area contributed by atoms with Crippen LogP contribution in [-0.4, -0.2) is 13.1 Å². The Morgan fingerprint density at radius 3 is 2.76 bits per heavy atom. The van der Waals surface area contributed by atoms with E-state index in [1.807, 2.05) is 11.3 Å². The minimum absolute atomic E-state index is 0.551. The van der Waals surface area contributed by atoms with E-state index in [1.54, 1.807) is 11.1 Å². The van der Waals surface area contributed by atoms with Gasteiger partial charge in [-0.2, -0.15) is 0 Å². The molecule has 1 aromatic carbocycles. The zero-order valence-electron chi connectivity index (χ0n) is 13.1. The second kappa shape index (κ2) is 6.76. The van der Waals surface area contributed by atoms with Crippen LogP contribution in [0.2, 0.25) is 0 Å². The summed E-state index contributed by atoms with van der Waals surface area (Å²) < 4.78 is 0. The maximum atomic E-state index is 3.60. The second-order valence-corrected chi connectivity index (χ2v) is 7.27. The smallest absolute Gasteiger partial charge is 0.0181 e. The number of rotatable bonds is 5. The third-order valence-electron chi connectivity index (χ3n) is 4.76. The fourth-order valence-electron chi connectivity index (χ4n) is 3.59. The zero-order chi connectivity index (χ0) is 14.7. The molecule has 0 aliphatic heterocycles. The molecule has 0 spiro atoms. The summed E-state index contributed by atoms with van der Waals surface area (Å²) in [4.78, 5) is 3.03. The summed E-state index contributed by atoms with van der Waals surface area (Å²) in [6, 6.07) is 14.2. The van der Waals surface area contributed by atoms with Crippen LogP contribution in [0, 0.1) is 0 Å². The van der Waals surface area contributed by atoms with E-state index in [0.29, 0.717) is 12.0 Å². The molecule has 3 rings (SSSR count). The van der Waals surface area contributed by atoms with Crippen molar-refractivity contribution in [1.29, 1.82) is 0 Å². The van der Waals surface area contributed by atoms with Crippen LogP contribution in [0.15, 0.2) is 36.4 Å². The molecule has 0 fully saturated rings. The van der Waals surface area contributed by atoms with E-state index in [4.69, 9.17) is 0 Å². The Bertz CT molecular complexity index is 587. The normalized spacial score (nSPS) is 19.2. The molecule has 0 bridgehead atoms. The van der Waals surface area contributed by atoms with Crippen molar-refractivity contribution in [2.24, 2.45) is 0 Å². The Kier molecular flexibility index (Phi) is 4.77. The minimum Gasteiger partial charge on any atom is -0.316 e. The van der Waals surface area contributed by atoms with Crippen LogP contribution >= 0.6 is 11.3 Å². The van der Waals surface area contributed by atoms with Gasteiger partial charge in [-0.15, -0.1) is 11.3 Å². The van der Waals surface area contributed by atoms with Crippen LogP contribution in [-0.2, 0) is 19.3 Å². The third kappa shape index (κ3) is 3.22. The molecule has 2 atom stereocenters. The Morgan fingerprint density at radius 1 is 1.19 bits per heavy atom. The van der Waals surface area contributed by atoms with Crippen molar-refractivity contribution >= 4 is 11.3 Å². The van der Waals surface area contributed by atoms with E-state index in [2.05, 4.69) is 55.7 Å². The van der Waals surface area contributed by atoms with E-state index in [0.717, 1.165) is 12.8 Å². The predicted octanol–water partition coefficient (Wildman–Crippen LogP) is 4.56. The van der Waals surface area contributed by atoms with Gasteiger partial charge in [-0.25, -0.2) is 0 Å². The summed E-state index contributed by atoms with van der Waals surface area (Å²) >= 11 is 1.98. The van der Waals surface area contributed by atoms with Gasteiger partial charge in [0.05, 0.1) is 0 Å². The average Bonchev–Trinajstić information content (AvgIpc) is 3.00. The molecule has 1 heterocycles. The Morgan fingerprint density at radius 2 is 2.00 bits per heavy atom. The fourth-order valence-corrected chi connectivity index (χ4v) is 4.61. The van der Waals surface area contributed by atoms with Gasteiger partial charge in [0.25, 0.3) is 0 Å². The fraction of sp³-hybridized carbons (Fsp3) is 0.474. The average molecular weight is 299 g/mol. The van der Waals surface area contributed by atoms with Crippen molar-refractivity contribution < 1.29 is 0 Å². The summed E-state index contributed by atoms with van der Waals surface area (Å²) in [5.74, 6) is 0.659. The van der Waals surface area contributed by atoms with E-state index < -0.39 is 0 Å². The van der Waals surface area contributed by atoms with Gasteiger partial charge in [0.2, 0.25) is 0 Å². The molecule has 1 aliphatic carbocycles. The topological polar surface area (TPSA) is 12.0 Å². The van der Waals surface area contributed by atoms with E-state index in [1.165, 1.54) is 29.0 Å². The SMILES string of the molecule is CCc1ccc(CC(NC)C2CCCc3ccccc32)s1. The van der Waals surface area contributed by atoms with Crippen molar-refractivity contribution in [3.05, 3.63) is 57.3 Å². The van der Waals surface area contributed by atoms with Gasteiger partial charge in [0, 0.05) is 15.8 Å². The van der Waals surface area contributed by atoms with Gasteiger partial charge in [-0.3, -0.25) is 0 Å². The van der Waals surface area contributed by atoms with E-state index in [9.17, 15) is 0 Å². The van der Waals surface area contributed by atoms with Gasteiger partial charge in [-0.1, -0.05) is 31.2 Å². The number of thiophene rings is 1. The lowest BCUT2D eigenvalue weighted by Gasteiger charge is -2.32. The van der Waals surface area contributed by atoms with Crippen LogP contribution in [0.25, 0.3) is 0 Å². The Balaban J connectivity index is 1.80. The molecule has 1 aliphatic rings. The van der Waals surface area contributed by atoms with Gasteiger partial charge in [-0.05, 0) is 68.3 Å². The Hall–Kier alpha value is -1.12. The lowest BCUT2D eigenvalue weighted by atomic mass is 9.78. The molecule has 1 N–H and O–H groups in total. The summed E-state index contributed by atoms with van der Waals surface area (Å²) in [6.45, 7) is 2.24. The quantitative estimate of drug-likeness (QED) is 0.853. The maximum Gasteiger partial charge on any atom is 0.0181 e. The molecule has 2 aromatic rings. The van der Waals surface area contributed by atoms with Crippen LogP contribution in [0.5, 0.6) is 0 Å². The molecule has 0 saturated carbocycles. The first-order chi connectivity index (χ1) is 10.3. The number of likely N-dealkylation sites (N-methyl/N-ethyl adjacent to an activating group) is 1. The first kappa shape index (κ1) is 14.8. The largest absolute Gasteiger partial charge is 0.316 e. The van der Waals surface area contributed by atoms with Gasteiger partial charge in [0.1, 0.15) is 0 Å². The van der Waals surface area contributed by atoms with E-state index >= 15 is 0 Å². The molecule has 0 amide bonds. The molecule has 2 heteroatoms. The molecular formula is C19H25NS. The van der Waals surface area contributed by atoms with Crippen molar-refractivity contribution in [2.45, 2.75) is 51.0 Å². The summed E-state index contributed by atoms with van der Waals surface area (Å²) in [6.07, 6.45) is 6.20. The number of benzene rings is 1. The number of hydrogen-bond acceptors (Lipinski definition) is 2. The third-order valence-corrected chi connectivity index (χ3v) is 6.01. The van der Waals surface area contributed by atoms with Crippen LogP contribution in [0.3, 0.4) is 0 Å². The van der Waals surface area contributed by atoms with Crippen molar-refractivity contribution in [3.8, 4) is 0 Å². The molecule has 112 valence electrons. The van der Waals surface area contributed by atoms with Gasteiger partial charge >= 0.3 is 0 Å². The maximum absolute atomic E-state index is 3.60. The molecule has 0 saturated heterocycles. The molecule has 2 unspecified atom stereocenters. The highest BCUT2D eigenvalue weighted by Gasteiger charge is 2.27. The van der Waals surface area contributed by atoms with Crippen LogP contribution in [0.4, 0.5) is 0 Å². The number of nitrogens with one attached hydrogen (secondary N) is 1. The summed E-state index contributed by atoms with van der Waals surface area (Å²) in [7, 11) is 2.12.